The molecule has 1 aliphatic carbocycles. The summed E-state index contributed by atoms with van der Waals surface area (Å²) in [6, 6.07) is 0. The minimum absolute atomic E-state index is 0.0799. The molecule has 0 aromatic carbocycles. The fraction of sp³-hybridized carbons (Fsp3) is 0.750. The summed E-state index contributed by atoms with van der Waals surface area (Å²) in [5.74, 6) is -0.807. The van der Waals surface area contributed by atoms with E-state index in [4.69, 9.17) is 9.47 Å². The summed E-state index contributed by atoms with van der Waals surface area (Å²) < 4.78 is 23.6. The maximum absolute atomic E-state index is 12.9. The maximum Gasteiger partial charge on any atom is 0.164 e. The molecule has 11 heavy (non-hydrogen) atoms. The second-order valence-electron chi connectivity index (χ2n) is 3.45. The molecule has 0 amide bonds. The molecule has 0 spiro atoms. The van der Waals surface area contributed by atoms with Crippen molar-refractivity contribution in [2.75, 3.05) is 0 Å². The molecule has 0 aromatic heterocycles. The van der Waals surface area contributed by atoms with Gasteiger partial charge in [0.1, 0.15) is 11.9 Å². The van der Waals surface area contributed by atoms with Crippen molar-refractivity contribution in [3.8, 4) is 0 Å². The van der Waals surface area contributed by atoms with E-state index in [0.717, 1.165) is 0 Å². The van der Waals surface area contributed by atoms with E-state index < -0.39 is 5.79 Å². The Morgan fingerprint density at radius 2 is 2.27 bits per heavy atom. The van der Waals surface area contributed by atoms with Gasteiger partial charge in [-0.1, -0.05) is 0 Å². The summed E-state index contributed by atoms with van der Waals surface area (Å²) in [5, 5.41) is 0. The van der Waals surface area contributed by atoms with Crippen LogP contribution in [0.1, 0.15) is 20.3 Å². The number of halogens is 1. The molecule has 62 valence electrons. The predicted molar refractivity (Wildman–Crippen MR) is 37.6 cm³/mol. The monoisotopic (exact) mass is 158 g/mol. The molecule has 0 aromatic rings. The highest BCUT2D eigenvalue weighted by Crippen LogP contribution is 2.36. The van der Waals surface area contributed by atoms with Crippen LogP contribution in [0.4, 0.5) is 4.39 Å². The third-order valence-electron chi connectivity index (χ3n) is 1.96. The van der Waals surface area contributed by atoms with Crippen molar-refractivity contribution < 1.29 is 13.9 Å². The van der Waals surface area contributed by atoms with E-state index in [2.05, 4.69) is 0 Å². The van der Waals surface area contributed by atoms with Crippen LogP contribution in [0.15, 0.2) is 11.9 Å². The Bertz CT molecular complexity index is 210. The second kappa shape index (κ2) is 2.05. The number of ether oxygens (including phenoxy) is 2. The van der Waals surface area contributed by atoms with E-state index in [1.165, 1.54) is 6.08 Å². The van der Waals surface area contributed by atoms with Crippen LogP contribution in [-0.4, -0.2) is 18.0 Å². The topological polar surface area (TPSA) is 18.5 Å². The minimum atomic E-state index is -0.627. The SMILES string of the molecule is CC1(C)OC2C=C(F)C(C2)O1. The lowest BCUT2D eigenvalue weighted by atomic mass is 10.2. The van der Waals surface area contributed by atoms with Gasteiger partial charge in [-0.05, 0) is 19.9 Å². The van der Waals surface area contributed by atoms with Crippen LogP contribution in [0.5, 0.6) is 0 Å². The number of hydrogen-bond acceptors (Lipinski definition) is 2. The van der Waals surface area contributed by atoms with Crippen molar-refractivity contribution in [3.63, 3.8) is 0 Å². The Balaban J connectivity index is 2.19. The van der Waals surface area contributed by atoms with Crippen molar-refractivity contribution >= 4 is 0 Å². The summed E-state index contributed by atoms with van der Waals surface area (Å²) in [6.07, 6.45) is 1.70. The Labute approximate surface area is 65.0 Å². The van der Waals surface area contributed by atoms with Crippen LogP contribution < -0.4 is 0 Å². The van der Waals surface area contributed by atoms with Gasteiger partial charge in [-0.3, -0.25) is 0 Å². The largest absolute Gasteiger partial charge is 0.343 e. The van der Waals surface area contributed by atoms with Crippen LogP contribution in [-0.2, 0) is 9.47 Å². The van der Waals surface area contributed by atoms with E-state index in [1.807, 2.05) is 0 Å². The lowest BCUT2D eigenvalue weighted by Gasteiger charge is -2.35. The van der Waals surface area contributed by atoms with Gasteiger partial charge in [0.05, 0.1) is 6.10 Å². The van der Waals surface area contributed by atoms with Crippen molar-refractivity contribution in [1.29, 1.82) is 0 Å². The number of fused-ring (bicyclic) bond motifs is 2. The van der Waals surface area contributed by atoms with E-state index >= 15 is 0 Å². The van der Waals surface area contributed by atoms with Gasteiger partial charge in [0.2, 0.25) is 0 Å². The molecule has 2 aliphatic rings. The highest BCUT2D eigenvalue weighted by molar-refractivity contribution is 5.14. The molecule has 2 bridgehead atoms. The highest BCUT2D eigenvalue weighted by Gasteiger charge is 2.41. The summed E-state index contributed by atoms with van der Waals surface area (Å²) in [4.78, 5) is 0. The summed E-state index contributed by atoms with van der Waals surface area (Å²) in [7, 11) is 0. The number of hydrogen-bond donors (Lipinski definition) is 0. The molecule has 2 atom stereocenters. The van der Waals surface area contributed by atoms with Gasteiger partial charge >= 0.3 is 0 Å². The van der Waals surface area contributed by atoms with Crippen molar-refractivity contribution in [1.82, 2.24) is 0 Å². The molecule has 2 unspecified atom stereocenters. The zero-order valence-corrected chi connectivity index (χ0v) is 6.63. The Hall–Kier alpha value is -0.410. The van der Waals surface area contributed by atoms with Crippen LogP contribution in [0, 0.1) is 0 Å². The number of rotatable bonds is 0. The minimum Gasteiger partial charge on any atom is -0.343 e. The van der Waals surface area contributed by atoms with Gasteiger partial charge in [-0.2, -0.15) is 0 Å². The lowest BCUT2D eigenvalue weighted by molar-refractivity contribution is -0.276. The maximum atomic E-state index is 12.9. The molecule has 2 nitrogen and oxygen atoms in total. The summed E-state index contributed by atoms with van der Waals surface area (Å²) >= 11 is 0. The summed E-state index contributed by atoms with van der Waals surface area (Å²) in [6.45, 7) is 3.61. The van der Waals surface area contributed by atoms with Crippen molar-refractivity contribution in [3.05, 3.63) is 11.9 Å². The van der Waals surface area contributed by atoms with Gasteiger partial charge in [0, 0.05) is 6.42 Å². The molecule has 2 rings (SSSR count). The predicted octanol–water partition coefficient (Wildman–Crippen LogP) is 1.76. The molecular formula is C8H11FO2. The van der Waals surface area contributed by atoms with Crippen LogP contribution in [0.3, 0.4) is 0 Å². The molecule has 1 fully saturated rings. The summed E-state index contributed by atoms with van der Waals surface area (Å²) in [5.41, 5.74) is 0. The second-order valence-corrected chi connectivity index (χ2v) is 3.45. The standard InChI is InChI=1S/C8H11FO2/c1-8(2)10-5-3-6(9)7(4-5)11-8/h3,5,7H,4H2,1-2H3. The van der Waals surface area contributed by atoms with Gasteiger partial charge < -0.3 is 9.47 Å². The molecule has 3 heteroatoms. The first-order valence-corrected chi connectivity index (χ1v) is 3.80. The Morgan fingerprint density at radius 3 is 2.91 bits per heavy atom. The molecule has 0 N–H and O–H groups in total. The zero-order chi connectivity index (χ0) is 8.06. The van der Waals surface area contributed by atoms with E-state index in [0.29, 0.717) is 6.42 Å². The van der Waals surface area contributed by atoms with Crippen LogP contribution in [0.2, 0.25) is 0 Å². The van der Waals surface area contributed by atoms with Gasteiger partial charge in [-0.25, -0.2) is 4.39 Å². The molecule has 0 radical (unpaired) electrons. The normalized spacial score (nSPS) is 40.5. The smallest absolute Gasteiger partial charge is 0.164 e. The van der Waals surface area contributed by atoms with E-state index in [1.54, 1.807) is 13.8 Å². The zero-order valence-electron chi connectivity index (χ0n) is 6.63. The van der Waals surface area contributed by atoms with Crippen molar-refractivity contribution in [2.24, 2.45) is 0 Å². The third-order valence-corrected chi connectivity index (χ3v) is 1.96. The first-order chi connectivity index (χ1) is 5.07. The molecule has 1 heterocycles. The average molecular weight is 158 g/mol. The van der Waals surface area contributed by atoms with Gasteiger partial charge in [0.15, 0.2) is 5.79 Å². The molecule has 0 saturated carbocycles. The fourth-order valence-electron chi connectivity index (χ4n) is 1.60. The Morgan fingerprint density at radius 1 is 1.55 bits per heavy atom. The fourth-order valence-corrected chi connectivity index (χ4v) is 1.60. The first-order valence-electron chi connectivity index (χ1n) is 3.80. The molecule has 1 saturated heterocycles. The van der Waals surface area contributed by atoms with Gasteiger partial charge in [-0.15, -0.1) is 0 Å². The molecule has 1 aliphatic heterocycles. The highest BCUT2D eigenvalue weighted by atomic mass is 19.1. The van der Waals surface area contributed by atoms with Crippen LogP contribution in [0.25, 0.3) is 0 Å². The Kier molecular flexibility index (Phi) is 1.35. The molecular weight excluding hydrogens is 147 g/mol. The van der Waals surface area contributed by atoms with Crippen molar-refractivity contribution in [2.45, 2.75) is 38.3 Å². The third kappa shape index (κ3) is 1.19. The van der Waals surface area contributed by atoms with E-state index in [9.17, 15) is 4.39 Å². The van der Waals surface area contributed by atoms with Crippen LogP contribution >= 0.6 is 0 Å². The first kappa shape index (κ1) is 7.25. The lowest BCUT2D eigenvalue weighted by Crippen LogP contribution is -2.40. The van der Waals surface area contributed by atoms with Gasteiger partial charge in [0.25, 0.3) is 0 Å². The van der Waals surface area contributed by atoms with E-state index in [-0.39, 0.29) is 18.0 Å². The quantitative estimate of drug-likeness (QED) is 0.534. The average Bonchev–Trinajstić information content (AvgIpc) is 2.05.